The van der Waals surface area contributed by atoms with Gasteiger partial charge in [-0.2, -0.15) is 15.0 Å². The topological polar surface area (TPSA) is 104 Å². The first-order chi connectivity index (χ1) is 7.74. The molecule has 0 saturated heterocycles. The Hall–Kier alpha value is -2.50. The Balaban J connectivity index is 2.24. The molecular formula is C10H10N6. The van der Waals surface area contributed by atoms with Crippen molar-refractivity contribution < 1.29 is 0 Å². The van der Waals surface area contributed by atoms with Gasteiger partial charge in [-0.05, 0) is 23.8 Å². The normalized spacial score (nSPS) is 10.8. The van der Waals surface area contributed by atoms with Gasteiger partial charge in [-0.25, -0.2) is 0 Å². The first-order valence-electron chi connectivity index (χ1n) is 4.59. The zero-order valence-electron chi connectivity index (χ0n) is 8.41. The average molecular weight is 214 g/mol. The van der Waals surface area contributed by atoms with E-state index in [1.165, 1.54) is 0 Å². The minimum absolute atomic E-state index is 0.113. The van der Waals surface area contributed by atoms with E-state index >= 15 is 0 Å². The van der Waals surface area contributed by atoms with Crippen molar-refractivity contribution in [2.75, 3.05) is 11.5 Å². The summed E-state index contributed by atoms with van der Waals surface area (Å²) in [5.74, 6) is 0.658. The Morgan fingerprint density at radius 2 is 1.50 bits per heavy atom. The molecule has 0 fully saturated rings. The lowest BCUT2D eigenvalue weighted by molar-refractivity contribution is 1.06. The van der Waals surface area contributed by atoms with Crippen molar-refractivity contribution >= 4 is 24.0 Å². The molecule has 0 aliphatic carbocycles. The standard InChI is InChI=1S/C10H10N6/c11-9-14-8(15-10(12)16-9)2-1-7-3-5-13-6-4-7/h1-6H,(H4,11,12,14,15,16). The summed E-state index contributed by atoms with van der Waals surface area (Å²) in [6, 6.07) is 3.73. The monoisotopic (exact) mass is 214 g/mol. The Labute approximate surface area is 92.1 Å². The van der Waals surface area contributed by atoms with Crippen LogP contribution in [0, 0.1) is 0 Å². The van der Waals surface area contributed by atoms with Gasteiger partial charge in [0.15, 0.2) is 5.82 Å². The quantitative estimate of drug-likeness (QED) is 0.758. The Kier molecular flexibility index (Phi) is 2.73. The number of rotatable bonds is 2. The molecule has 0 bridgehead atoms. The third-order valence-electron chi connectivity index (χ3n) is 1.82. The van der Waals surface area contributed by atoms with Gasteiger partial charge < -0.3 is 11.5 Å². The van der Waals surface area contributed by atoms with Crippen molar-refractivity contribution in [1.82, 2.24) is 19.9 Å². The smallest absolute Gasteiger partial charge is 0.225 e. The van der Waals surface area contributed by atoms with Gasteiger partial charge in [-0.3, -0.25) is 4.98 Å². The molecule has 0 aromatic carbocycles. The van der Waals surface area contributed by atoms with E-state index < -0.39 is 0 Å². The average Bonchev–Trinajstić information content (AvgIpc) is 2.27. The summed E-state index contributed by atoms with van der Waals surface area (Å²) in [6.45, 7) is 0. The molecular weight excluding hydrogens is 204 g/mol. The summed E-state index contributed by atoms with van der Waals surface area (Å²) >= 11 is 0. The number of nitrogens with two attached hydrogens (primary N) is 2. The van der Waals surface area contributed by atoms with E-state index in [9.17, 15) is 0 Å². The number of hydrogen-bond donors (Lipinski definition) is 2. The highest BCUT2D eigenvalue weighted by Crippen LogP contribution is 2.05. The Morgan fingerprint density at radius 1 is 0.875 bits per heavy atom. The van der Waals surface area contributed by atoms with Crippen LogP contribution < -0.4 is 11.5 Å². The third-order valence-corrected chi connectivity index (χ3v) is 1.82. The molecule has 0 radical (unpaired) electrons. The molecule has 2 aromatic rings. The van der Waals surface area contributed by atoms with E-state index in [-0.39, 0.29) is 11.9 Å². The predicted molar refractivity (Wildman–Crippen MR) is 61.8 cm³/mol. The lowest BCUT2D eigenvalue weighted by Crippen LogP contribution is -2.03. The molecule has 0 aliphatic heterocycles. The van der Waals surface area contributed by atoms with E-state index in [1.807, 2.05) is 18.2 Å². The lowest BCUT2D eigenvalue weighted by atomic mass is 10.2. The zero-order valence-corrected chi connectivity index (χ0v) is 8.41. The van der Waals surface area contributed by atoms with Crippen molar-refractivity contribution in [2.24, 2.45) is 0 Å². The summed E-state index contributed by atoms with van der Waals surface area (Å²) < 4.78 is 0. The molecule has 16 heavy (non-hydrogen) atoms. The number of pyridine rings is 1. The molecule has 0 atom stereocenters. The van der Waals surface area contributed by atoms with E-state index in [0.29, 0.717) is 5.82 Å². The zero-order chi connectivity index (χ0) is 11.4. The van der Waals surface area contributed by atoms with Gasteiger partial charge in [-0.15, -0.1) is 0 Å². The highest BCUT2D eigenvalue weighted by molar-refractivity contribution is 5.66. The molecule has 0 spiro atoms. The molecule has 0 amide bonds. The van der Waals surface area contributed by atoms with E-state index in [1.54, 1.807) is 18.5 Å². The lowest BCUT2D eigenvalue weighted by Gasteiger charge is -1.96. The highest BCUT2D eigenvalue weighted by atomic mass is 15.1. The van der Waals surface area contributed by atoms with Gasteiger partial charge in [0.05, 0.1) is 0 Å². The van der Waals surface area contributed by atoms with Crippen LogP contribution in [-0.4, -0.2) is 19.9 Å². The van der Waals surface area contributed by atoms with Crippen LogP contribution in [0.25, 0.3) is 12.2 Å². The number of aromatic nitrogens is 4. The molecule has 80 valence electrons. The van der Waals surface area contributed by atoms with Crippen molar-refractivity contribution in [2.45, 2.75) is 0 Å². The minimum Gasteiger partial charge on any atom is -0.368 e. The van der Waals surface area contributed by atoms with E-state index in [2.05, 4.69) is 19.9 Å². The summed E-state index contributed by atoms with van der Waals surface area (Å²) in [5, 5.41) is 0. The summed E-state index contributed by atoms with van der Waals surface area (Å²) in [4.78, 5) is 15.4. The van der Waals surface area contributed by atoms with Gasteiger partial charge in [0.1, 0.15) is 0 Å². The largest absolute Gasteiger partial charge is 0.368 e. The molecule has 6 nitrogen and oxygen atoms in total. The number of hydrogen-bond acceptors (Lipinski definition) is 6. The van der Waals surface area contributed by atoms with Crippen molar-refractivity contribution in [3.05, 3.63) is 35.9 Å². The fourth-order valence-electron chi connectivity index (χ4n) is 1.15. The van der Waals surface area contributed by atoms with Gasteiger partial charge in [0.2, 0.25) is 11.9 Å². The van der Waals surface area contributed by atoms with E-state index in [0.717, 1.165) is 5.56 Å². The third kappa shape index (κ3) is 2.50. The van der Waals surface area contributed by atoms with Gasteiger partial charge in [0, 0.05) is 12.4 Å². The van der Waals surface area contributed by atoms with Crippen LogP contribution >= 0.6 is 0 Å². The first-order valence-corrected chi connectivity index (χ1v) is 4.59. The fraction of sp³-hybridized carbons (Fsp3) is 0. The maximum absolute atomic E-state index is 5.44. The van der Waals surface area contributed by atoms with Crippen LogP contribution in [0.1, 0.15) is 11.4 Å². The van der Waals surface area contributed by atoms with Crippen molar-refractivity contribution in [3.63, 3.8) is 0 Å². The molecule has 4 N–H and O–H groups in total. The van der Waals surface area contributed by atoms with Gasteiger partial charge in [0.25, 0.3) is 0 Å². The van der Waals surface area contributed by atoms with Gasteiger partial charge in [-0.1, -0.05) is 6.08 Å². The number of nitrogen functional groups attached to an aromatic ring is 2. The van der Waals surface area contributed by atoms with Crippen molar-refractivity contribution in [1.29, 1.82) is 0 Å². The van der Waals surface area contributed by atoms with Crippen LogP contribution in [0.5, 0.6) is 0 Å². The maximum atomic E-state index is 5.44. The molecule has 6 heteroatoms. The Bertz CT molecular complexity index is 488. The summed E-state index contributed by atoms with van der Waals surface area (Å²) in [5.41, 5.74) is 11.9. The second kappa shape index (κ2) is 4.35. The van der Waals surface area contributed by atoms with Crippen LogP contribution in [0.15, 0.2) is 24.5 Å². The van der Waals surface area contributed by atoms with Crippen LogP contribution in [0.2, 0.25) is 0 Å². The maximum Gasteiger partial charge on any atom is 0.225 e. The van der Waals surface area contributed by atoms with Crippen molar-refractivity contribution in [3.8, 4) is 0 Å². The minimum atomic E-state index is 0.113. The first kappa shape index (κ1) is 10.0. The van der Waals surface area contributed by atoms with E-state index in [4.69, 9.17) is 11.5 Å². The van der Waals surface area contributed by atoms with Gasteiger partial charge >= 0.3 is 0 Å². The fourth-order valence-corrected chi connectivity index (χ4v) is 1.15. The van der Waals surface area contributed by atoms with Crippen LogP contribution in [0.4, 0.5) is 11.9 Å². The highest BCUT2D eigenvalue weighted by Gasteiger charge is 1.97. The molecule has 2 rings (SSSR count). The number of anilines is 2. The SMILES string of the molecule is Nc1nc(N)nc(C=Cc2ccncc2)n1. The molecule has 0 aliphatic rings. The molecule has 2 aromatic heterocycles. The molecule has 0 saturated carbocycles. The van der Waals surface area contributed by atoms with Crippen LogP contribution in [-0.2, 0) is 0 Å². The summed E-state index contributed by atoms with van der Waals surface area (Å²) in [7, 11) is 0. The second-order valence-electron chi connectivity index (χ2n) is 3.02. The van der Waals surface area contributed by atoms with Crippen LogP contribution in [0.3, 0.4) is 0 Å². The molecule has 2 heterocycles. The number of nitrogens with zero attached hydrogens (tertiary/aromatic N) is 4. The second-order valence-corrected chi connectivity index (χ2v) is 3.02. The predicted octanol–water partition coefficient (Wildman–Crippen LogP) is 0.601. The summed E-state index contributed by atoms with van der Waals surface area (Å²) in [6.07, 6.45) is 6.96. The Morgan fingerprint density at radius 3 is 2.12 bits per heavy atom. The molecule has 0 unspecified atom stereocenters.